The van der Waals surface area contributed by atoms with Crippen LogP contribution in [0.2, 0.25) is 0 Å². The largest absolute Gasteiger partial charge is 0.370 e. The number of nitrogens with one attached hydrogen (secondary N) is 1. The average Bonchev–Trinajstić information content (AvgIpc) is 2.91. The van der Waals surface area contributed by atoms with Crippen LogP contribution in [-0.2, 0) is 16.6 Å². The number of carbonyl (C=O) groups is 1. The number of aromatic amines is 1. The second-order valence-corrected chi connectivity index (χ2v) is 7.03. The Morgan fingerprint density at radius 2 is 1.79 bits per heavy atom. The van der Waals surface area contributed by atoms with Gasteiger partial charge >= 0.3 is 0 Å². The number of aryl methyl sites for hydroxylation is 1. The van der Waals surface area contributed by atoms with Gasteiger partial charge in [0.15, 0.2) is 5.65 Å². The Hall–Kier alpha value is -2.69. The van der Waals surface area contributed by atoms with Crippen molar-refractivity contribution in [3.8, 4) is 11.3 Å². The number of H-pyrrole nitrogens is 1. The summed E-state index contributed by atoms with van der Waals surface area (Å²) in [5.41, 5.74) is 11.2. The highest BCUT2D eigenvalue weighted by atomic mass is 16.1. The fraction of sp³-hybridized carbons (Fsp3) is 0.316. The summed E-state index contributed by atoms with van der Waals surface area (Å²) in [7, 11) is 0. The lowest BCUT2D eigenvalue weighted by molar-refractivity contribution is -0.117. The zero-order valence-electron chi connectivity index (χ0n) is 14.3. The van der Waals surface area contributed by atoms with Gasteiger partial charge in [-0.05, 0) is 23.0 Å². The molecule has 0 aliphatic rings. The third kappa shape index (κ3) is 3.15. The molecule has 0 aliphatic heterocycles. The summed E-state index contributed by atoms with van der Waals surface area (Å²) in [5.74, 6) is -0.317. The summed E-state index contributed by atoms with van der Waals surface area (Å²) in [6.45, 7) is 6.57. The van der Waals surface area contributed by atoms with Crippen molar-refractivity contribution in [1.82, 2.24) is 15.0 Å². The molecule has 24 heavy (non-hydrogen) atoms. The number of primary amides is 1. The number of carbonyl (C=O) groups excluding carboxylic acids is 1. The minimum atomic E-state index is -0.317. The minimum Gasteiger partial charge on any atom is -0.370 e. The molecular weight excluding hydrogens is 300 g/mol. The van der Waals surface area contributed by atoms with E-state index in [2.05, 4.69) is 60.0 Å². The van der Waals surface area contributed by atoms with Crippen LogP contribution in [0.1, 0.15) is 38.3 Å². The fourth-order valence-corrected chi connectivity index (χ4v) is 2.84. The molecule has 0 atom stereocenters. The number of rotatable bonds is 4. The Bertz CT molecular complexity index is 873. The zero-order valence-corrected chi connectivity index (χ0v) is 14.3. The highest BCUT2D eigenvalue weighted by Crippen LogP contribution is 2.31. The van der Waals surface area contributed by atoms with Crippen LogP contribution in [0.15, 0.2) is 36.7 Å². The van der Waals surface area contributed by atoms with Crippen molar-refractivity contribution in [2.24, 2.45) is 5.73 Å². The SMILES string of the molecule is CC(C)(C)c1ccc(-c2[nH]c3nccnc3c2CCC(N)=O)cc1. The second kappa shape index (κ2) is 6.07. The number of fused-ring (bicyclic) bond motifs is 1. The first-order valence-corrected chi connectivity index (χ1v) is 8.07. The van der Waals surface area contributed by atoms with Gasteiger partial charge in [0.2, 0.25) is 5.91 Å². The maximum Gasteiger partial charge on any atom is 0.217 e. The van der Waals surface area contributed by atoms with Crippen LogP contribution in [-0.4, -0.2) is 20.9 Å². The summed E-state index contributed by atoms with van der Waals surface area (Å²) in [5, 5.41) is 0. The molecule has 3 N–H and O–H groups in total. The summed E-state index contributed by atoms with van der Waals surface area (Å²) >= 11 is 0. The van der Waals surface area contributed by atoms with Gasteiger partial charge in [0, 0.05) is 24.4 Å². The van der Waals surface area contributed by atoms with Gasteiger partial charge in [-0.25, -0.2) is 4.98 Å². The predicted octanol–water partition coefficient (Wildman–Crippen LogP) is 3.34. The lowest BCUT2D eigenvalue weighted by Gasteiger charge is -2.19. The van der Waals surface area contributed by atoms with Gasteiger partial charge in [0.1, 0.15) is 5.52 Å². The van der Waals surface area contributed by atoms with Crippen LogP contribution in [0.3, 0.4) is 0 Å². The van der Waals surface area contributed by atoms with E-state index in [-0.39, 0.29) is 17.7 Å². The van der Waals surface area contributed by atoms with Gasteiger partial charge in [0.05, 0.1) is 5.69 Å². The van der Waals surface area contributed by atoms with Crippen molar-refractivity contribution < 1.29 is 4.79 Å². The lowest BCUT2D eigenvalue weighted by Crippen LogP contribution is -2.11. The van der Waals surface area contributed by atoms with Crippen LogP contribution in [0.5, 0.6) is 0 Å². The molecule has 0 bridgehead atoms. The number of nitrogens with zero attached hydrogens (tertiary/aromatic N) is 2. The Labute approximate surface area is 141 Å². The molecule has 1 aromatic carbocycles. The quantitative estimate of drug-likeness (QED) is 0.772. The molecule has 2 heterocycles. The number of amides is 1. The van der Waals surface area contributed by atoms with Gasteiger partial charge in [-0.2, -0.15) is 0 Å². The summed E-state index contributed by atoms with van der Waals surface area (Å²) in [6.07, 6.45) is 4.15. The third-order valence-electron chi connectivity index (χ3n) is 4.19. The van der Waals surface area contributed by atoms with Crippen LogP contribution in [0, 0.1) is 0 Å². The molecule has 0 radical (unpaired) electrons. The van der Waals surface area contributed by atoms with E-state index in [0.717, 1.165) is 28.0 Å². The number of hydrogen-bond acceptors (Lipinski definition) is 3. The van der Waals surface area contributed by atoms with E-state index in [1.165, 1.54) is 5.56 Å². The van der Waals surface area contributed by atoms with Crippen LogP contribution in [0.25, 0.3) is 22.4 Å². The van der Waals surface area contributed by atoms with E-state index >= 15 is 0 Å². The fourth-order valence-electron chi connectivity index (χ4n) is 2.84. The molecule has 0 unspecified atom stereocenters. The van der Waals surface area contributed by atoms with E-state index in [9.17, 15) is 4.79 Å². The number of nitrogens with two attached hydrogens (primary N) is 1. The molecule has 0 spiro atoms. The molecule has 0 aliphatic carbocycles. The molecule has 1 amide bonds. The average molecular weight is 322 g/mol. The Balaban J connectivity index is 2.07. The third-order valence-corrected chi connectivity index (χ3v) is 4.19. The van der Waals surface area contributed by atoms with Crippen molar-refractivity contribution >= 4 is 17.1 Å². The normalized spacial score (nSPS) is 11.8. The first-order valence-electron chi connectivity index (χ1n) is 8.07. The maximum absolute atomic E-state index is 11.2. The smallest absolute Gasteiger partial charge is 0.217 e. The zero-order chi connectivity index (χ0) is 17.3. The summed E-state index contributed by atoms with van der Waals surface area (Å²) in [6, 6.07) is 8.47. The van der Waals surface area contributed by atoms with Gasteiger partial charge in [-0.3, -0.25) is 9.78 Å². The van der Waals surface area contributed by atoms with Crippen molar-refractivity contribution in [3.05, 3.63) is 47.8 Å². The molecule has 5 heteroatoms. The first-order chi connectivity index (χ1) is 11.4. The second-order valence-electron chi connectivity index (χ2n) is 7.03. The van der Waals surface area contributed by atoms with Crippen molar-refractivity contribution in [2.45, 2.75) is 39.0 Å². The molecule has 5 nitrogen and oxygen atoms in total. The molecule has 0 saturated heterocycles. The van der Waals surface area contributed by atoms with Gasteiger partial charge in [-0.15, -0.1) is 0 Å². The van der Waals surface area contributed by atoms with E-state index in [1.54, 1.807) is 12.4 Å². The Morgan fingerprint density at radius 1 is 1.12 bits per heavy atom. The topological polar surface area (TPSA) is 84.7 Å². The molecule has 2 aromatic heterocycles. The molecule has 124 valence electrons. The molecule has 3 aromatic rings. The number of hydrogen-bond donors (Lipinski definition) is 2. The predicted molar refractivity (Wildman–Crippen MR) is 95.5 cm³/mol. The van der Waals surface area contributed by atoms with E-state index in [4.69, 9.17) is 5.73 Å². The highest BCUT2D eigenvalue weighted by molar-refractivity contribution is 5.86. The maximum atomic E-state index is 11.2. The molecule has 3 rings (SSSR count). The first kappa shape index (κ1) is 16.2. The monoisotopic (exact) mass is 322 g/mol. The van der Waals surface area contributed by atoms with Crippen molar-refractivity contribution in [2.75, 3.05) is 0 Å². The molecular formula is C19H22N4O. The Kier molecular flexibility index (Phi) is 4.09. The van der Waals surface area contributed by atoms with Crippen LogP contribution in [0.4, 0.5) is 0 Å². The van der Waals surface area contributed by atoms with Gasteiger partial charge < -0.3 is 10.7 Å². The summed E-state index contributed by atoms with van der Waals surface area (Å²) < 4.78 is 0. The van der Waals surface area contributed by atoms with Gasteiger partial charge in [-0.1, -0.05) is 45.0 Å². The standard InChI is InChI=1S/C19H22N4O/c1-19(2,3)13-6-4-12(5-7-13)16-14(8-9-15(20)24)17-18(23-16)22-11-10-21-17/h4-7,10-11H,8-9H2,1-3H3,(H2,20,24)(H,22,23). The minimum absolute atomic E-state index is 0.108. The lowest BCUT2D eigenvalue weighted by atomic mass is 9.86. The van der Waals surface area contributed by atoms with Crippen molar-refractivity contribution in [3.63, 3.8) is 0 Å². The van der Waals surface area contributed by atoms with Crippen LogP contribution >= 0.6 is 0 Å². The van der Waals surface area contributed by atoms with Crippen LogP contribution < -0.4 is 5.73 Å². The van der Waals surface area contributed by atoms with E-state index in [0.29, 0.717) is 6.42 Å². The van der Waals surface area contributed by atoms with E-state index in [1.807, 2.05) is 0 Å². The summed E-state index contributed by atoms with van der Waals surface area (Å²) in [4.78, 5) is 23.3. The number of aromatic nitrogens is 3. The van der Waals surface area contributed by atoms with Crippen molar-refractivity contribution in [1.29, 1.82) is 0 Å². The Morgan fingerprint density at radius 3 is 2.42 bits per heavy atom. The van der Waals surface area contributed by atoms with E-state index < -0.39 is 0 Å². The van der Waals surface area contributed by atoms with Gasteiger partial charge in [0.25, 0.3) is 0 Å². The molecule has 0 fully saturated rings. The number of benzene rings is 1. The molecule has 0 saturated carbocycles. The highest BCUT2D eigenvalue weighted by Gasteiger charge is 2.17.